The van der Waals surface area contributed by atoms with Crippen molar-refractivity contribution in [3.8, 4) is 0 Å². The maximum Gasteiger partial charge on any atom is 0.114 e. The van der Waals surface area contributed by atoms with E-state index >= 15 is 0 Å². The fourth-order valence-electron chi connectivity index (χ4n) is 0.396. The Hall–Kier alpha value is -0.150. The molecule has 0 rings (SSSR count). The number of hydrogen-bond donors (Lipinski definition) is 2. The van der Waals surface area contributed by atoms with E-state index in [1.807, 2.05) is 6.26 Å². The van der Waals surface area contributed by atoms with Gasteiger partial charge in [-0.1, -0.05) is 6.58 Å². The summed E-state index contributed by atoms with van der Waals surface area (Å²) in [5.74, 6) is 0.713. The average Bonchev–Trinajstić information content (AvgIpc) is 1.82. The van der Waals surface area contributed by atoms with Crippen LogP contribution in [0.15, 0.2) is 12.3 Å². The van der Waals surface area contributed by atoms with Crippen LogP contribution in [0, 0.1) is 0 Å². The van der Waals surface area contributed by atoms with Gasteiger partial charge < -0.3 is 10.2 Å². The Balaban J connectivity index is 3.27. The largest absolute Gasteiger partial charge is 0.510 e. The minimum atomic E-state index is -0.738. The molecule has 0 aliphatic rings. The zero-order valence-corrected chi connectivity index (χ0v) is 6.32. The Bertz CT molecular complexity index is 93.1. The number of thioether (sulfide) groups is 1. The molecule has 2 nitrogen and oxygen atoms in total. The predicted molar refractivity (Wildman–Crippen MR) is 40.8 cm³/mol. The third kappa shape index (κ3) is 4.36. The molecule has 0 saturated heterocycles. The van der Waals surface area contributed by atoms with Crippen molar-refractivity contribution in [1.82, 2.24) is 0 Å². The van der Waals surface area contributed by atoms with Gasteiger partial charge in [-0.05, 0) is 18.4 Å². The van der Waals surface area contributed by atoms with Crippen LogP contribution in [-0.2, 0) is 0 Å². The van der Waals surface area contributed by atoms with Crippen molar-refractivity contribution < 1.29 is 10.2 Å². The molecule has 3 heteroatoms. The Morgan fingerprint density at radius 3 is 2.67 bits per heavy atom. The highest BCUT2D eigenvalue weighted by molar-refractivity contribution is 7.98. The molecule has 0 spiro atoms. The zero-order valence-electron chi connectivity index (χ0n) is 5.50. The molecular weight excluding hydrogens is 136 g/mol. The first kappa shape index (κ1) is 8.85. The molecule has 1 atom stereocenters. The first-order chi connectivity index (χ1) is 4.18. The summed E-state index contributed by atoms with van der Waals surface area (Å²) < 4.78 is 0. The van der Waals surface area contributed by atoms with Crippen molar-refractivity contribution >= 4 is 11.8 Å². The molecule has 0 aromatic heterocycles. The highest BCUT2D eigenvalue weighted by atomic mass is 32.2. The van der Waals surface area contributed by atoms with Crippen LogP contribution in [0.25, 0.3) is 0 Å². The smallest absolute Gasteiger partial charge is 0.114 e. The van der Waals surface area contributed by atoms with E-state index in [4.69, 9.17) is 10.2 Å². The summed E-state index contributed by atoms with van der Waals surface area (Å²) in [5.41, 5.74) is 0. The summed E-state index contributed by atoms with van der Waals surface area (Å²) in [7, 11) is 0. The summed E-state index contributed by atoms with van der Waals surface area (Å²) in [5, 5.41) is 17.5. The molecule has 9 heavy (non-hydrogen) atoms. The Morgan fingerprint density at radius 1 is 1.78 bits per heavy atom. The monoisotopic (exact) mass is 148 g/mol. The predicted octanol–water partition coefficient (Wildman–Crippen LogP) is 1.17. The SMILES string of the molecule is C=C(O)C(O)CCSC. The number of rotatable bonds is 4. The third-order valence-electron chi connectivity index (χ3n) is 0.980. The highest BCUT2D eigenvalue weighted by Crippen LogP contribution is 2.04. The fraction of sp³-hybridized carbons (Fsp3) is 0.667. The number of aliphatic hydroxyl groups excluding tert-OH is 2. The quantitative estimate of drug-likeness (QED) is 0.588. The lowest BCUT2D eigenvalue weighted by molar-refractivity contribution is 0.152. The first-order valence-electron chi connectivity index (χ1n) is 2.73. The lowest BCUT2D eigenvalue weighted by Gasteiger charge is -2.05. The van der Waals surface area contributed by atoms with Crippen LogP contribution in [0.2, 0.25) is 0 Å². The van der Waals surface area contributed by atoms with Gasteiger partial charge in [0.15, 0.2) is 0 Å². The van der Waals surface area contributed by atoms with Gasteiger partial charge in [-0.15, -0.1) is 0 Å². The topological polar surface area (TPSA) is 40.5 Å². The molecule has 0 radical (unpaired) electrons. The van der Waals surface area contributed by atoms with Crippen molar-refractivity contribution in [3.05, 3.63) is 12.3 Å². The molecule has 0 aliphatic carbocycles. The summed E-state index contributed by atoms with van der Waals surface area (Å²) in [6, 6.07) is 0. The van der Waals surface area contributed by atoms with Gasteiger partial charge in [0.1, 0.15) is 11.9 Å². The fourth-order valence-corrected chi connectivity index (χ4v) is 0.855. The second-order valence-electron chi connectivity index (χ2n) is 1.79. The zero-order chi connectivity index (χ0) is 7.28. The Kier molecular flexibility index (Phi) is 4.62. The molecular formula is C6H12O2S. The minimum absolute atomic E-state index is 0.135. The van der Waals surface area contributed by atoms with Crippen molar-refractivity contribution in [1.29, 1.82) is 0 Å². The number of hydrogen-bond acceptors (Lipinski definition) is 3. The van der Waals surface area contributed by atoms with Crippen molar-refractivity contribution in [2.45, 2.75) is 12.5 Å². The van der Waals surface area contributed by atoms with Crippen molar-refractivity contribution in [2.24, 2.45) is 0 Å². The molecule has 54 valence electrons. The van der Waals surface area contributed by atoms with E-state index < -0.39 is 6.10 Å². The van der Waals surface area contributed by atoms with Gasteiger partial charge in [0.25, 0.3) is 0 Å². The number of aliphatic hydroxyl groups is 2. The Morgan fingerprint density at radius 2 is 2.33 bits per heavy atom. The van der Waals surface area contributed by atoms with E-state index in [9.17, 15) is 0 Å². The van der Waals surface area contributed by atoms with E-state index in [1.165, 1.54) is 0 Å². The molecule has 2 N–H and O–H groups in total. The lowest BCUT2D eigenvalue weighted by Crippen LogP contribution is -2.09. The molecule has 0 saturated carbocycles. The summed E-state index contributed by atoms with van der Waals surface area (Å²) >= 11 is 1.64. The van der Waals surface area contributed by atoms with Crippen LogP contribution in [0.1, 0.15) is 6.42 Å². The molecule has 0 amide bonds. The van der Waals surface area contributed by atoms with E-state index in [0.29, 0.717) is 6.42 Å². The third-order valence-corrected chi connectivity index (χ3v) is 1.62. The van der Waals surface area contributed by atoms with Gasteiger partial charge in [-0.25, -0.2) is 0 Å². The molecule has 0 aromatic carbocycles. The van der Waals surface area contributed by atoms with Gasteiger partial charge in [0.05, 0.1) is 0 Å². The maximum absolute atomic E-state index is 8.89. The van der Waals surface area contributed by atoms with E-state index in [2.05, 4.69) is 6.58 Å². The first-order valence-corrected chi connectivity index (χ1v) is 4.12. The van der Waals surface area contributed by atoms with Gasteiger partial charge in [-0.3, -0.25) is 0 Å². The van der Waals surface area contributed by atoms with E-state index in [-0.39, 0.29) is 5.76 Å². The molecule has 0 aliphatic heterocycles. The molecule has 0 bridgehead atoms. The molecule has 0 fully saturated rings. The average molecular weight is 148 g/mol. The van der Waals surface area contributed by atoms with Crippen LogP contribution in [0.4, 0.5) is 0 Å². The van der Waals surface area contributed by atoms with Gasteiger partial charge in [-0.2, -0.15) is 11.8 Å². The van der Waals surface area contributed by atoms with Gasteiger partial charge in [0.2, 0.25) is 0 Å². The van der Waals surface area contributed by atoms with Crippen LogP contribution in [0.3, 0.4) is 0 Å². The minimum Gasteiger partial charge on any atom is -0.510 e. The molecule has 0 aromatic rings. The van der Waals surface area contributed by atoms with Crippen LogP contribution in [-0.4, -0.2) is 28.3 Å². The van der Waals surface area contributed by atoms with Gasteiger partial charge in [0, 0.05) is 0 Å². The van der Waals surface area contributed by atoms with Crippen LogP contribution >= 0.6 is 11.8 Å². The maximum atomic E-state index is 8.89. The van der Waals surface area contributed by atoms with E-state index in [1.54, 1.807) is 11.8 Å². The second-order valence-corrected chi connectivity index (χ2v) is 2.77. The van der Waals surface area contributed by atoms with E-state index in [0.717, 1.165) is 5.75 Å². The summed E-state index contributed by atoms with van der Waals surface area (Å²) in [6.07, 6.45) is 1.79. The van der Waals surface area contributed by atoms with Crippen LogP contribution < -0.4 is 0 Å². The standard InChI is InChI=1S/C6H12O2S/c1-5(7)6(8)3-4-9-2/h6-8H,1,3-4H2,2H3. The highest BCUT2D eigenvalue weighted by Gasteiger charge is 2.04. The summed E-state index contributed by atoms with van der Waals surface area (Å²) in [4.78, 5) is 0. The van der Waals surface area contributed by atoms with Crippen LogP contribution in [0.5, 0.6) is 0 Å². The second kappa shape index (κ2) is 4.70. The van der Waals surface area contributed by atoms with Crippen molar-refractivity contribution in [2.75, 3.05) is 12.0 Å². The van der Waals surface area contributed by atoms with Gasteiger partial charge >= 0.3 is 0 Å². The van der Waals surface area contributed by atoms with Crippen molar-refractivity contribution in [3.63, 3.8) is 0 Å². The Labute approximate surface area is 59.6 Å². The molecule has 0 heterocycles. The normalized spacial score (nSPS) is 13.1. The summed E-state index contributed by atoms with van der Waals surface area (Å²) in [6.45, 7) is 3.20. The lowest BCUT2D eigenvalue weighted by atomic mass is 10.2. The molecule has 1 unspecified atom stereocenters.